The lowest BCUT2D eigenvalue weighted by atomic mass is 10.1. The van der Waals surface area contributed by atoms with Crippen LogP contribution in [0.15, 0.2) is 6.07 Å². The number of aliphatic hydroxyl groups excluding tert-OH is 1. The van der Waals surface area contributed by atoms with Crippen LogP contribution in [0.1, 0.15) is 16.7 Å². The summed E-state index contributed by atoms with van der Waals surface area (Å²) >= 11 is 5.66. The third kappa shape index (κ3) is 1.45. The molecule has 0 fully saturated rings. The van der Waals surface area contributed by atoms with Crippen LogP contribution in [0.2, 0.25) is 5.02 Å². The first-order valence-corrected chi connectivity index (χ1v) is 4.00. The fourth-order valence-electron chi connectivity index (χ4n) is 1.08. The van der Waals surface area contributed by atoms with E-state index in [1.54, 1.807) is 19.9 Å². The summed E-state index contributed by atoms with van der Waals surface area (Å²) < 4.78 is 13.2. The Labute approximate surface area is 75.8 Å². The van der Waals surface area contributed by atoms with E-state index in [0.29, 0.717) is 16.7 Å². The fraction of sp³-hybridized carbons (Fsp3) is 0.333. The predicted molar refractivity (Wildman–Crippen MR) is 46.8 cm³/mol. The van der Waals surface area contributed by atoms with Gasteiger partial charge in [0.05, 0.1) is 11.6 Å². The normalized spacial score (nSPS) is 10.4. The lowest BCUT2D eigenvalue weighted by molar-refractivity contribution is 0.280. The molecule has 1 nitrogen and oxygen atoms in total. The van der Waals surface area contributed by atoms with Crippen LogP contribution in [0.4, 0.5) is 4.39 Å². The molecule has 0 bridgehead atoms. The van der Waals surface area contributed by atoms with Gasteiger partial charge in [0.15, 0.2) is 0 Å². The van der Waals surface area contributed by atoms with Crippen molar-refractivity contribution < 1.29 is 9.50 Å². The average Bonchev–Trinajstić information content (AvgIpc) is 2.08. The van der Waals surface area contributed by atoms with Gasteiger partial charge in [-0.3, -0.25) is 0 Å². The third-order valence-electron chi connectivity index (χ3n) is 1.91. The van der Waals surface area contributed by atoms with E-state index in [9.17, 15) is 4.39 Å². The van der Waals surface area contributed by atoms with E-state index in [0.717, 1.165) is 0 Å². The van der Waals surface area contributed by atoms with Gasteiger partial charge in [0.25, 0.3) is 0 Å². The van der Waals surface area contributed by atoms with Gasteiger partial charge in [-0.05, 0) is 30.5 Å². The minimum Gasteiger partial charge on any atom is -0.392 e. The van der Waals surface area contributed by atoms with Crippen LogP contribution in [0, 0.1) is 19.7 Å². The van der Waals surface area contributed by atoms with Crippen molar-refractivity contribution in [2.45, 2.75) is 20.5 Å². The molecule has 0 heterocycles. The smallest absolute Gasteiger partial charge is 0.145 e. The quantitative estimate of drug-likeness (QED) is 0.718. The second kappa shape index (κ2) is 3.42. The summed E-state index contributed by atoms with van der Waals surface area (Å²) in [6, 6.07) is 1.70. The number of aryl methyl sites for hydroxylation is 1. The first-order valence-electron chi connectivity index (χ1n) is 3.63. The number of hydrogen-bond donors (Lipinski definition) is 1. The molecule has 12 heavy (non-hydrogen) atoms. The molecule has 0 aliphatic heterocycles. The van der Waals surface area contributed by atoms with Gasteiger partial charge in [-0.1, -0.05) is 17.7 Å². The van der Waals surface area contributed by atoms with Crippen LogP contribution >= 0.6 is 11.6 Å². The summed E-state index contributed by atoms with van der Waals surface area (Å²) in [6.45, 7) is 3.16. The monoisotopic (exact) mass is 188 g/mol. The van der Waals surface area contributed by atoms with Gasteiger partial charge in [-0.2, -0.15) is 0 Å². The maximum Gasteiger partial charge on any atom is 0.145 e. The summed E-state index contributed by atoms with van der Waals surface area (Å²) in [6.07, 6.45) is 0. The molecule has 0 aromatic heterocycles. The van der Waals surface area contributed by atoms with Gasteiger partial charge in [0.2, 0.25) is 0 Å². The maximum absolute atomic E-state index is 13.2. The van der Waals surface area contributed by atoms with Crippen molar-refractivity contribution in [3.8, 4) is 0 Å². The minimum atomic E-state index is -0.430. The summed E-state index contributed by atoms with van der Waals surface area (Å²) in [4.78, 5) is 0. The Morgan fingerprint density at radius 3 is 2.58 bits per heavy atom. The van der Waals surface area contributed by atoms with Crippen molar-refractivity contribution in [3.05, 3.63) is 33.6 Å². The highest BCUT2D eigenvalue weighted by molar-refractivity contribution is 6.31. The molecule has 1 aromatic rings. The van der Waals surface area contributed by atoms with Crippen molar-refractivity contribution in [2.24, 2.45) is 0 Å². The van der Waals surface area contributed by atoms with Gasteiger partial charge in [-0.25, -0.2) is 4.39 Å². The van der Waals surface area contributed by atoms with Crippen LogP contribution in [0.25, 0.3) is 0 Å². The number of benzene rings is 1. The van der Waals surface area contributed by atoms with E-state index in [1.807, 2.05) is 0 Å². The van der Waals surface area contributed by atoms with Crippen molar-refractivity contribution >= 4 is 11.6 Å². The Morgan fingerprint density at radius 1 is 1.50 bits per heavy atom. The molecule has 1 aromatic carbocycles. The van der Waals surface area contributed by atoms with Crippen molar-refractivity contribution in [1.82, 2.24) is 0 Å². The van der Waals surface area contributed by atoms with E-state index in [2.05, 4.69) is 0 Å². The molecule has 0 aliphatic carbocycles. The number of hydrogen-bond acceptors (Lipinski definition) is 1. The number of aliphatic hydroxyl groups is 1. The highest BCUT2D eigenvalue weighted by atomic mass is 35.5. The largest absolute Gasteiger partial charge is 0.392 e. The Kier molecular flexibility index (Phi) is 2.70. The Morgan fingerprint density at radius 2 is 2.08 bits per heavy atom. The molecule has 0 spiro atoms. The molecule has 1 N–H and O–H groups in total. The van der Waals surface area contributed by atoms with Gasteiger partial charge >= 0.3 is 0 Å². The van der Waals surface area contributed by atoms with Gasteiger partial charge in [0, 0.05) is 0 Å². The second-order valence-corrected chi connectivity index (χ2v) is 3.14. The second-order valence-electron chi connectivity index (χ2n) is 2.76. The molecule has 3 heteroatoms. The molecular weight excluding hydrogens is 179 g/mol. The summed E-state index contributed by atoms with van der Waals surface area (Å²) in [7, 11) is 0. The highest BCUT2D eigenvalue weighted by Crippen LogP contribution is 2.25. The van der Waals surface area contributed by atoms with Crippen LogP contribution in [0.5, 0.6) is 0 Å². The third-order valence-corrected chi connectivity index (χ3v) is 2.37. The van der Waals surface area contributed by atoms with E-state index in [4.69, 9.17) is 16.7 Å². The number of halogens is 2. The van der Waals surface area contributed by atoms with Crippen LogP contribution < -0.4 is 0 Å². The number of rotatable bonds is 1. The summed E-state index contributed by atoms with van der Waals surface area (Å²) in [5, 5.41) is 8.99. The summed E-state index contributed by atoms with van der Waals surface area (Å²) in [5.41, 5.74) is 1.67. The van der Waals surface area contributed by atoms with Crippen molar-refractivity contribution in [3.63, 3.8) is 0 Å². The molecule has 0 amide bonds. The molecule has 0 saturated carbocycles. The predicted octanol–water partition coefficient (Wildman–Crippen LogP) is 2.59. The summed E-state index contributed by atoms with van der Waals surface area (Å²) in [5.74, 6) is -0.430. The molecular formula is C9H10ClFO. The first kappa shape index (κ1) is 9.49. The van der Waals surface area contributed by atoms with Gasteiger partial charge < -0.3 is 5.11 Å². The highest BCUT2D eigenvalue weighted by Gasteiger charge is 2.10. The maximum atomic E-state index is 13.2. The average molecular weight is 189 g/mol. The minimum absolute atomic E-state index is 0.143. The fourth-order valence-corrected chi connectivity index (χ4v) is 1.27. The van der Waals surface area contributed by atoms with E-state index >= 15 is 0 Å². The molecule has 0 saturated heterocycles. The molecule has 1 rings (SSSR count). The van der Waals surface area contributed by atoms with E-state index in [-0.39, 0.29) is 11.6 Å². The Hall–Kier alpha value is -0.600. The van der Waals surface area contributed by atoms with Crippen LogP contribution in [-0.2, 0) is 6.61 Å². The van der Waals surface area contributed by atoms with Crippen LogP contribution in [-0.4, -0.2) is 5.11 Å². The lowest BCUT2D eigenvalue weighted by Gasteiger charge is -2.07. The van der Waals surface area contributed by atoms with Gasteiger partial charge in [0.1, 0.15) is 5.82 Å². The van der Waals surface area contributed by atoms with Crippen molar-refractivity contribution in [1.29, 1.82) is 0 Å². The SMILES string of the molecule is Cc1cc(CO)c(C)c(F)c1Cl. The lowest BCUT2D eigenvalue weighted by Crippen LogP contribution is -1.95. The molecule has 0 aliphatic rings. The topological polar surface area (TPSA) is 20.2 Å². The Bertz CT molecular complexity index is 310. The van der Waals surface area contributed by atoms with Crippen molar-refractivity contribution in [2.75, 3.05) is 0 Å². The molecule has 66 valence electrons. The first-order chi connectivity index (χ1) is 5.57. The zero-order valence-corrected chi connectivity index (χ0v) is 7.74. The molecule has 0 radical (unpaired) electrons. The molecule has 0 unspecified atom stereocenters. The standard InChI is InChI=1S/C9H10ClFO/c1-5-3-7(4-12)6(2)9(11)8(5)10/h3,12H,4H2,1-2H3. The Balaban J connectivity index is 3.39. The zero-order chi connectivity index (χ0) is 9.30. The van der Waals surface area contributed by atoms with Crippen LogP contribution in [0.3, 0.4) is 0 Å². The van der Waals surface area contributed by atoms with Gasteiger partial charge in [-0.15, -0.1) is 0 Å². The molecule has 0 atom stereocenters. The zero-order valence-electron chi connectivity index (χ0n) is 6.99. The van der Waals surface area contributed by atoms with E-state index < -0.39 is 5.82 Å². The van der Waals surface area contributed by atoms with E-state index in [1.165, 1.54) is 0 Å².